The normalized spacial score (nSPS) is 13.6. The summed E-state index contributed by atoms with van der Waals surface area (Å²) in [5, 5.41) is 13.8. The molecule has 25 heavy (non-hydrogen) atoms. The SMILES string of the molecule is COCCNC(=O)COC(=O)c1ccc(N2CCCC2)c([N+](=O)[O-])c1. The predicted octanol–water partition coefficient (Wildman–Crippen LogP) is 1.11. The van der Waals surface area contributed by atoms with Crippen molar-refractivity contribution < 1.29 is 24.0 Å². The second kappa shape index (κ2) is 8.97. The van der Waals surface area contributed by atoms with E-state index in [1.807, 2.05) is 4.90 Å². The lowest BCUT2D eigenvalue weighted by Crippen LogP contribution is -2.31. The molecule has 1 aromatic carbocycles. The fraction of sp³-hybridized carbons (Fsp3) is 0.500. The first kappa shape index (κ1) is 18.7. The van der Waals surface area contributed by atoms with E-state index < -0.39 is 23.4 Å². The molecule has 9 nitrogen and oxygen atoms in total. The van der Waals surface area contributed by atoms with Crippen LogP contribution >= 0.6 is 0 Å². The zero-order chi connectivity index (χ0) is 18.2. The van der Waals surface area contributed by atoms with Gasteiger partial charge in [0.2, 0.25) is 0 Å². The monoisotopic (exact) mass is 351 g/mol. The molecule has 1 aliphatic rings. The third-order valence-electron chi connectivity index (χ3n) is 3.82. The highest BCUT2D eigenvalue weighted by Crippen LogP contribution is 2.31. The Kier molecular flexibility index (Phi) is 6.70. The Morgan fingerprint density at radius 1 is 1.32 bits per heavy atom. The fourth-order valence-corrected chi connectivity index (χ4v) is 2.58. The Morgan fingerprint density at radius 2 is 2.04 bits per heavy atom. The summed E-state index contributed by atoms with van der Waals surface area (Å²) >= 11 is 0. The molecule has 136 valence electrons. The number of methoxy groups -OCH3 is 1. The Bertz CT molecular complexity index is 643. The third kappa shape index (κ3) is 5.15. The standard InChI is InChI=1S/C16H21N3O6/c1-24-9-6-17-15(20)11-25-16(21)12-4-5-13(14(10-12)19(22)23)18-7-2-3-8-18/h4-5,10H,2-3,6-9,11H2,1H3,(H,17,20). The summed E-state index contributed by atoms with van der Waals surface area (Å²) in [5.74, 6) is -1.24. The lowest BCUT2D eigenvalue weighted by molar-refractivity contribution is -0.384. The minimum atomic E-state index is -0.780. The number of nitro groups is 1. The summed E-state index contributed by atoms with van der Waals surface area (Å²) in [6.07, 6.45) is 1.97. The Labute approximate surface area is 145 Å². The second-order valence-corrected chi connectivity index (χ2v) is 5.57. The van der Waals surface area contributed by atoms with Crippen LogP contribution in [0.3, 0.4) is 0 Å². The first-order chi connectivity index (χ1) is 12.0. The van der Waals surface area contributed by atoms with E-state index in [1.165, 1.54) is 19.2 Å². The number of nitrogens with one attached hydrogen (secondary N) is 1. The van der Waals surface area contributed by atoms with Crippen LogP contribution < -0.4 is 10.2 Å². The summed E-state index contributed by atoms with van der Waals surface area (Å²) in [6, 6.07) is 4.23. The Hall–Kier alpha value is -2.68. The molecular formula is C16H21N3O6. The van der Waals surface area contributed by atoms with E-state index in [1.54, 1.807) is 6.07 Å². The largest absolute Gasteiger partial charge is 0.452 e. The smallest absolute Gasteiger partial charge is 0.338 e. The molecule has 1 amide bonds. The van der Waals surface area contributed by atoms with Gasteiger partial charge in [0.1, 0.15) is 5.69 Å². The van der Waals surface area contributed by atoms with Crippen LogP contribution in [0.25, 0.3) is 0 Å². The summed E-state index contributed by atoms with van der Waals surface area (Å²) < 4.78 is 9.68. The van der Waals surface area contributed by atoms with Crippen molar-refractivity contribution in [2.75, 3.05) is 44.9 Å². The van der Waals surface area contributed by atoms with Crippen LogP contribution in [0.2, 0.25) is 0 Å². The number of benzene rings is 1. The maximum atomic E-state index is 12.0. The van der Waals surface area contributed by atoms with Gasteiger partial charge in [-0.15, -0.1) is 0 Å². The number of ether oxygens (including phenoxy) is 2. The van der Waals surface area contributed by atoms with Gasteiger partial charge in [-0.3, -0.25) is 14.9 Å². The number of hydrogen-bond acceptors (Lipinski definition) is 7. The highest BCUT2D eigenvalue weighted by atomic mass is 16.6. The van der Waals surface area contributed by atoms with Gasteiger partial charge in [0.15, 0.2) is 6.61 Å². The maximum Gasteiger partial charge on any atom is 0.338 e. The van der Waals surface area contributed by atoms with Crippen molar-refractivity contribution in [3.8, 4) is 0 Å². The van der Waals surface area contributed by atoms with E-state index in [9.17, 15) is 19.7 Å². The first-order valence-corrected chi connectivity index (χ1v) is 7.99. The van der Waals surface area contributed by atoms with Crippen molar-refractivity contribution in [3.63, 3.8) is 0 Å². The number of carbonyl (C=O) groups is 2. The predicted molar refractivity (Wildman–Crippen MR) is 89.7 cm³/mol. The minimum Gasteiger partial charge on any atom is -0.452 e. The van der Waals surface area contributed by atoms with Gasteiger partial charge in [-0.05, 0) is 25.0 Å². The highest BCUT2D eigenvalue weighted by molar-refractivity contribution is 5.93. The average Bonchev–Trinajstić information content (AvgIpc) is 3.13. The molecule has 0 aliphatic carbocycles. The first-order valence-electron chi connectivity index (χ1n) is 7.99. The number of anilines is 1. The summed E-state index contributed by atoms with van der Waals surface area (Å²) in [6.45, 7) is 1.72. The molecule has 1 fully saturated rings. The lowest BCUT2D eigenvalue weighted by Gasteiger charge is -2.17. The van der Waals surface area contributed by atoms with Gasteiger partial charge in [0.05, 0.1) is 17.1 Å². The van der Waals surface area contributed by atoms with Gasteiger partial charge in [0, 0.05) is 32.8 Å². The number of amides is 1. The topological polar surface area (TPSA) is 111 Å². The molecule has 1 aliphatic heterocycles. The van der Waals surface area contributed by atoms with E-state index in [2.05, 4.69) is 5.32 Å². The van der Waals surface area contributed by atoms with Gasteiger partial charge < -0.3 is 19.7 Å². The molecule has 1 saturated heterocycles. The van der Waals surface area contributed by atoms with E-state index in [-0.39, 0.29) is 11.3 Å². The van der Waals surface area contributed by atoms with Crippen molar-refractivity contribution in [3.05, 3.63) is 33.9 Å². The molecule has 9 heteroatoms. The molecule has 0 unspecified atom stereocenters. The molecule has 0 bridgehead atoms. The quantitative estimate of drug-likeness (QED) is 0.323. The number of carbonyl (C=O) groups excluding carboxylic acids is 2. The van der Waals surface area contributed by atoms with Crippen molar-refractivity contribution in [2.45, 2.75) is 12.8 Å². The Balaban J connectivity index is 2.01. The number of rotatable bonds is 8. The summed E-state index contributed by atoms with van der Waals surface area (Å²) in [7, 11) is 1.50. The molecule has 1 N–H and O–H groups in total. The zero-order valence-electron chi connectivity index (χ0n) is 14.0. The van der Waals surface area contributed by atoms with Gasteiger partial charge in [-0.1, -0.05) is 0 Å². The van der Waals surface area contributed by atoms with Crippen LogP contribution in [0.5, 0.6) is 0 Å². The lowest BCUT2D eigenvalue weighted by atomic mass is 10.1. The van der Waals surface area contributed by atoms with Gasteiger partial charge >= 0.3 is 5.97 Å². The molecule has 0 aromatic heterocycles. The molecular weight excluding hydrogens is 330 g/mol. The Morgan fingerprint density at radius 3 is 2.68 bits per heavy atom. The van der Waals surface area contributed by atoms with Crippen molar-refractivity contribution >= 4 is 23.3 Å². The van der Waals surface area contributed by atoms with Gasteiger partial charge in [-0.2, -0.15) is 0 Å². The number of hydrogen-bond donors (Lipinski definition) is 1. The molecule has 1 aromatic rings. The minimum absolute atomic E-state index is 0.0411. The summed E-state index contributed by atoms with van der Waals surface area (Å²) in [4.78, 5) is 36.3. The fourth-order valence-electron chi connectivity index (χ4n) is 2.58. The molecule has 0 saturated carbocycles. The average molecular weight is 351 g/mol. The molecule has 0 atom stereocenters. The second-order valence-electron chi connectivity index (χ2n) is 5.57. The van der Waals surface area contributed by atoms with Gasteiger partial charge in [0.25, 0.3) is 11.6 Å². The summed E-state index contributed by atoms with van der Waals surface area (Å²) in [5.41, 5.74) is 0.400. The van der Waals surface area contributed by atoms with Crippen LogP contribution in [0.4, 0.5) is 11.4 Å². The number of esters is 1. The van der Waals surface area contributed by atoms with Crippen molar-refractivity contribution in [2.24, 2.45) is 0 Å². The van der Waals surface area contributed by atoms with Crippen molar-refractivity contribution in [1.29, 1.82) is 0 Å². The van der Waals surface area contributed by atoms with E-state index in [4.69, 9.17) is 9.47 Å². The molecule has 0 spiro atoms. The molecule has 2 rings (SSSR count). The van der Waals surface area contributed by atoms with E-state index >= 15 is 0 Å². The van der Waals surface area contributed by atoms with Crippen LogP contribution in [-0.4, -0.2) is 56.8 Å². The number of nitrogens with zero attached hydrogens (tertiary/aromatic N) is 2. The van der Waals surface area contributed by atoms with Crippen molar-refractivity contribution in [1.82, 2.24) is 5.32 Å². The van der Waals surface area contributed by atoms with Crippen LogP contribution in [-0.2, 0) is 14.3 Å². The zero-order valence-corrected chi connectivity index (χ0v) is 14.0. The van der Waals surface area contributed by atoms with Crippen LogP contribution in [0.1, 0.15) is 23.2 Å². The maximum absolute atomic E-state index is 12.0. The van der Waals surface area contributed by atoms with Gasteiger partial charge in [-0.25, -0.2) is 4.79 Å². The van der Waals surface area contributed by atoms with Crippen LogP contribution in [0.15, 0.2) is 18.2 Å². The highest BCUT2D eigenvalue weighted by Gasteiger charge is 2.24. The molecule has 1 heterocycles. The van der Waals surface area contributed by atoms with Crippen LogP contribution in [0, 0.1) is 10.1 Å². The molecule has 0 radical (unpaired) electrons. The third-order valence-corrected chi connectivity index (χ3v) is 3.82. The number of nitro benzene ring substituents is 1. The van der Waals surface area contributed by atoms with E-state index in [0.717, 1.165) is 25.9 Å². The van der Waals surface area contributed by atoms with E-state index in [0.29, 0.717) is 18.8 Å².